The lowest BCUT2D eigenvalue weighted by molar-refractivity contribution is 0.153. The van der Waals surface area contributed by atoms with Crippen molar-refractivity contribution in [1.82, 2.24) is 0 Å². The molecule has 0 aromatic heterocycles. The normalized spacial score (nSPS) is 40.6. The van der Waals surface area contributed by atoms with Crippen LogP contribution < -0.4 is 0 Å². The Morgan fingerprint density at radius 2 is 1.12 bits per heavy atom. The molecule has 0 unspecified atom stereocenters. The fraction of sp³-hybridized carbons (Fsp3) is 0.913. The topological polar surface area (TPSA) is 0 Å². The van der Waals surface area contributed by atoms with Crippen molar-refractivity contribution >= 4 is 0 Å². The summed E-state index contributed by atoms with van der Waals surface area (Å²) in [6.45, 7) is 2.33. The van der Waals surface area contributed by atoms with Crippen LogP contribution in [0.2, 0.25) is 0 Å². The highest BCUT2D eigenvalue weighted by Gasteiger charge is 2.30. The van der Waals surface area contributed by atoms with Gasteiger partial charge in [-0.25, -0.2) is 4.39 Å². The Hall–Kier alpha value is -0.510. The smallest absolute Gasteiger partial charge is 0.100 e. The monoisotopic (exact) mass is 332 g/mol. The molecule has 0 atom stereocenters. The second-order valence-corrected chi connectivity index (χ2v) is 8.92. The molecule has 3 aliphatic carbocycles. The summed E-state index contributed by atoms with van der Waals surface area (Å²) in [4.78, 5) is 0. The van der Waals surface area contributed by atoms with E-state index in [1.807, 2.05) is 0 Å². The van der Waals surface area contributed by atoms with E-state index in [9.17, 15) is 4.39 Å². The first-order valence-electron chi connectivity index (χ1n) is 10.9. The lowest BCUT2D eigenvalue weighted by Gasteiger charge is -2.37. The molecule has 3 fully saturated rings. The molecule has 0 radical (unpaired) electrons. The first-order chi connectivity index (χ1) is 11.7. The average molecular weight is 333 g/mol. The summed E-state index contributed by atoms with van der Waals surface area (Å²) in [6.07, 6.45) is 17.2. The predicted octanol–water partition coefficient (Wildman–Crippen LogP) is 6.93. The first-order valence-corrected chi connectivity index (χ1v) is 10.9. The third-order valence-corrected chi connectivity index (χ3v) is 7.18. The SMILES string of the molecule is CCCC1CCC(C2CCC(C#CC3CCC(F)CC3)CC2)CC1. The molecule has 0 spiro atoms. The highest BCUT2D eigenvalue weighted by Crippen LogP contribution is 2.42. The molecule has 0 saturated heterocycles. The molecule has 0 aromatic rings. The van der Waals surface area contributed by atoms with Gasteiger partial charge in [0.2, 0.25) is 0 Å². The minimum absolute atomic E-state index is 0.489. The van der Waals surface area contributed by atoms with Crippen molar-refractivity contribution in [2.45, 2.75) is 103 Å². The fourth-order valence-corrected chi connectivity index (χ4v) is 5.52. The van der Waals surface area contributed by atoms with Crippen LogP contribution >= 0.6 is 0 Å². The van der Waals surface area contributed by atoms with Crippen molar-refractivity contribution in [2.75, 3.05) is 0 Å². The summed E-state index contributed by atoms with van der Waals surface area (Å²) in [7, 11) is 0. The van der Waals surface area contributed by atoms with Crippen molar-refractivity contribution in [2.24, 2.45) is 29.6 Å². The van der Waals surface area contributed by atoms with E-state index in [1.54, 1.807) is 0 Å². The van der Waals surface area contributed by atoms with Crippen LogP contribution in [0.5, 0.6) is 0 Å². The molecule has 0 heterocycles. The van der Waals surface area contributed by atoms with Gasteiger partial charge in [0.1, 0.15) is 6.17 Å². The van der Waals surface area contributed by atoms with Crippen molar-refractivity contribution in [1.29, 1.82) is 0 Å². The Labute approximate surface area is 149 Å². The van der Waals surface area contributed by atoms with Crippen LogP contribution in [0, 0.1) is 41.4 Å². The molecule has 3 aliphatic rings. The quantitative estimate of drug-likeness (QED) is 0.491. The van der Waals surface area contributed by atoms with Crippen molar-refractivity contribution < 1.29 is 4.39 Å². The van der Waals surface area contributed by atoms with Gasteiger partial charge in [-0.3, -0.25) is 0 Å². The molecule has 136 valence electrons. The number of hydrogen-bond acceptors (Lipinski definition) is 0. The number of rotatable bonds is 3. The summed E-state index contributed by atoms with van der Waals surface area (Å²) in [6, 6.07) is 0. The molecule has 0 N–H and O–H groups in total. The molecular formula is C23H37F. The van der Waals surface area contributed by atoms with Gasteiger partial charge in [0.25, 0.3) is 0 Å². The summed E-state index contributed by atoms with van der Waals surface area (Å²) in [5.41, 5.74) is 0. The van der Waals surface area contributed by atoms with Crippen LogP contribution in [0.25, 0.3) is 0 Å². The number of halogens is 1. The maximum atomic E-state index is 13.2. The zero-order valence-corrected chi connectivity index (χ0v) is 15.7. The van der Waals surface area contributed by atoms with Gasteiger partial charge < -0.3 is 0 Å². The second-order valence-electron chi connectivity index (χ2n) is 8.92. The Bertz CT molecular complexity index is 407. The Balaban J connectivity index is 1.37. The van der Waals surface area contributed by atoms with E-state index >= 15 is 0 Å². The van der Waals surface area contributed by atoms with Gasteiger partial charge in [0, 0.05) is 11.8 Å². The van der Waals surface area contributed by atoms with E-state index < -0.39 is 6.17 Å². The number of hydrogen-bond donors (Lipinski definition) is 0. The van der Waals surface area contributed by atoms with E-state index in [2.05, 4.69) is 18.8 Å². The van der Waals surface area contributed by atoms with Gasteiger partial charge in [-0.2, -0.15) is 0 Å². The maximum Gasteiger partial charge on any atom is 0.100 e. The van der Waals surface area contributed by atoms with Crippen LogP contribution in [0.1, 0.15) is 96.8 Å². The minimum Gasteiger partial charge on any atom is -0.247 e. The Morgan fingerprint density at radius 1 is 0.667 bits per heavy atom. The zero-order chi connectivity index (χ0) is 16.8. The van der Waals surface area contributed by atoms with Gasteiger partial charge in [-0.05, 0) is 82.0 Å². The molecule has 1 heteroatoms. The van der Waals surface area contributed by atoms with E-state index in [0.29, 0.717) is 11.8 Å². The van der Waals surface area contributed by atoms with Crippen molar-refractivity contribution in [3.8, 4) is 11.8 Å². The van der Waals surface area contributed by atoms with Crippen molar-refractivity contribution in [3.05, 3.63) is 0 Å². The lowest BCUT2D eigenvalue weighted by atomic mass is 9.69. The zero-order valence-electron chi connectivity index (χ0n) is 15.7. The van der Waals surface area contributed by atoms with Gasteiger partial charge in [-0.15, -0.1) is 0 Å². The molecule has 0 amide bonds. The fourth-order valence-electron chi connectivity index (χ4n) is 5.52. The third-order valence-electron chi connectivity index (χ3n) is 7.18. The van der Waals surface area contributed by atoms with Gasteiger partial charge in [0.15, 0.2) is 0 Å². The standard InChI is InChI=1S/C23H37F/c1-2-3-18-6-12-21(13-7-18)22-14-8-19(9-15-22)4-5-20-10-16-23(24)17-11-20/h18-23H,2-3,6-17H2,1H3. The lowest BCUT2D eigenvalue weighted by Crippen LogP contribution is -2.25. The van der Waals surface area contributed by atoms with Crippen LogP contribution in [0.3, 0.4) is 0 Å². The summed E-state index contributed by atoms with van der Waals surface area (Å²) < 4.78 is 13.2. The predicted molar refractivity (Wildman–Crippen MR) is 100 cm³/mol. The van der Waals surface area contributed by atoms with E-state index in [-0.39, 0.29) is 0 Å². The third kappa shape index (κ3) is 5.24. The van der Waals surface area contributed by atoms with E-state index in [0.717, 1.165) is 43.4 Å². The Morgan fingerprint density at radius 3 is 1.62 bits per heavy atom. The Kier molecular flexibility index (Phi) is 7.06. The largest absolute Gasteiger partial charge is 0.247 e. The summed E-state index contributed by atoms with van der Waals surface area (Å²) >= 11 is 0. The van der Waals surface area contributed by atoms with Gasteiger partial charge >= 0.3 is 0 Å². The van der Waals surface area contributed by atoms with Crippen LogP contribution in [0.4, 0.5) is 4.39 Å². The van der Waals surface area contributed by atoms with E-state index in [1.165, 1.54) is 64.2 Å². The highest BCUT2D eigenvalue weighted by atomic mass is 19.1. The van der Waals surface area contributed by atoms with Crippen molar-refractivity contribution in [3.63, 3.8) is 0 Å². The average Bonchev–Trinajstić information content (AvgIpc) is 2.63. The molecule has 3 rings (SSSR count). The highest BCUT2D eigenvalue weighted by molar-refractivity contribution is 5.09. The molecule has 0 bridgehead atoms. The molecule has 0 aromatic carbocycles. The van der Waals surface area contributed by atoms with Crippen LogP contribution in [0.15, 0.2) is 0 Å². The van der Waals surface area contributed by atoms with Gasteiger partial charge in [0.05, 0.1) is 0 Å². The molecule has 0 nitrogen and oxygen atoms in total. The molecule has 3 saturated carbocycles. The maximum absolute atomic E-state index is 13.2. The molecule has 0 aliphatic heterocycles. The van der Waals surface area contributed by atoms with Crippen LogP contribution in [-0.4, -0.2) is 6.17 Å². The molecular weight excluding hydrogens is 295 g/mol. The second kappa shape index (κ2) is 9.26. The van der Waals surface area contributed by atoms with Gasteiger partial charge in [-0.1, -0.05) is 44.4 Å². The van der Waals surface area contributed by atoms with E-state index in [4.69, 9.17) is 0 Å². The molecule has 24 heavy (non-hydrogen) atoms. The number of alkyl halides is 1. The summed E-state index contributed by atoms with van der Waals surface area (Å²) in [5, 5.41) is 0. The van der Waals surface area contributed by atoms with Crippen LogP contribution in [-0.2, 0) is 0 Å². The summed E-state index contributed by atoms with van der Waals surface area (Å²) in [5.74, 6) is 11.3. The minimum atomic E-state index is -0.550. The first kappa shape index (κ1) is 18.3.